The van der Waals surface area contributed by atoms with Gasteiger partial charge in [0, 0.05) is 19.0 Å². The molecule has 3 N–H and O–H groups in total. The third-order valence-corrected chi connectivity index (χ3v) is 3.67. The van der Waals surface area contributed by atoms with E-state index in [1.807, 2.05) is 0 Å². The highest BCUT2D eigenvalue weighted by Crippen LogP contribution is 2.38. The number of hydrogen-bond donors (Lipinski definition) is 2. The van der Waals surface area contributed by atoms with Gasteiger partial charge in [-0.05, 0) is 31.1 Å². The summed E-state index contributed by atoms with van der Waals surface area (Å²) in [5.74, 6) is 0.0692. The van der Waals surface area contributed by atoms with Gasteiger partial charge < -0.3 is 15.7 Å². The highest BCUT2D eigenvalue weighted by Gasteiger charge is 2.40. The van der Waals surface area contributed by atoms with Crippen molar-refractivity contribution in [2.24, 2.45) is 23.5 Å². The van der Waals surface area contributed by atoms with Crippen LogP contribution in [0.2, 0.25) is 0 Å². The van der Waals surface area contributed by atoms with Crippen LogP contribution in [0.1, 0.15) is 19.3 Å². The summed E-state index contributed by atoms with van der Waals surface area (Å²) in [6.07, 6.45) is 1.85. The summed E-state index contributed by atoms with van der Waals surface area (Å²) >= 11 is 0. The van der Waals surface area contributed by atoms with Gasteiger partial charge in [0.15, 0.2) is 0 Å². The van der Waals surface area contributed by atoms with Gasteiger partial charge in [-0.2, -0.15) is 0 Å². The number of carboxylic acid groups (broad SMARTS) is 1. The van der Waals surface area contributed by atoms with Gasteiger partial charge in [0.25, 0.3) is 0 Å². The molecule has 1 aliphatic carbocycles. The van der Waals surface area contributed by atoms with Crippen LogP contribution in [0, 0.1) is 17.8 Å². The molecule has 2 bridgehead atoms. The standard InChI is InChI=1S/C10H16N2O3/c11-9(13)8-3-6-1-2-7(8)5-12(4-6)10(14)15/h6-8H,1-5H2,(H2,11,13)(H,14,15). The van der Waals surface area contributed by atoms with Crippen molar-refractivity contribution in [3.8, 4) is 0 Å². The van der Waals surface area contributed by atoms with E-state index in [0.29, 0.717) is 19.0 Å². The topological polar surface area (TPSA) is 83.6 Å². The first kappa shape index (κ1) is 10.3. The molecule has 2 aliphatic heterocycles. The van der Waals surface area contributed by atoms with Gasteiger partial charge in [-0.1, -0.05) is 0 Å². The number of hydrogen-bond acceptors (Lipinski definition) is 2. The van der Waals surface area contributed by atoms with E-state index in [4.69, 9.17) is 10.8 Å². The van der Waals surface area contributed by atoms with E-state index in [2.05, 4.69) is 0 Å². The third kappa shape index (κ3) is 1.91. The molecule has 3 atom stereocenters. The van der Waals surface area contributed by atoms with E-state index in [-0.39, 0.29) is 17.7 Å². The summed E-state index contributed by atoms with van der Waals surface area (Å²) in [4.78, 5) is 23.6. The first-order valence-electron chi connectivity index (χ1n) is 5.35. The van der Waals surface area contributed by atoms with Crippen LogP contribution >= 0.6 is 0 Å². The maximum absolute atomic E-state index is 11.2. The Morgan fingerprint density at radius 1 is 1.27 bits per heavy atom. The number of carbonyl (C=O) groups excluding carboxylic acids is 1. The monoisotopic (exact) mass is 212 g/mol. The molecular formula is C10H16N2O3. The maximum Gasteiger partial charge on any atom is 0.407 e. The van der Waals surface area contributed by atoms with Crippen LogP contribution in [-0.2, 0) is 4.79 Å². The molecule has 0 aromatic carbocycles. The quantitative estimate of drug-likeness (QED) is 0.663. The lowest BCUT2D eigenvalue weighted by Gasteiger charge is -2.29. The molecule has 3 rings (SSSR count). The average Bonchev–Trinajstić information content (AvgIpc) is 2.47. The second-order valence-corrected chi connectivity index (χ2v) is 4.64. The van der Waals surface area contributed by atoms with Gasteiger partial charge in [0.1, 0.15) is 0 Å². The predicted octanol–water partition coefficient (Wildman–Crippen LogP) is 0.498. The highest BCUT2D eigenvalue weighted by atomic mass is 16.4. The van der Waals surface area contributed by atoms with Crippen molar-refractivity contribution in [2.45, 2.75) is 19.3 Å². The number of amides is 2. The fourth-order valence-electron chi connectivity index (χ4n) is 2.88. The van der Waals surface area contributed by atoms with E-state index >= 15 is 0 Å². The zero-order valence-corrected chi connectivity index (χ0v) is 8.56. The van der Waals surface area contributed by atoms with Crippen molar-refractivity contribution in [2.75, 3.05) is 13.1 Å². The zero-order valence-electron chi connectivity index (χ0n) is 8.56. The Labute approximate surface area is 88.2 Å². The van der Waals surface area contributed by atoms with Gasteiger partial charge in [-0.25, -0.2) is 4.79 Å². The van der Waals surface area contributed by atoms with E-state index in [0.717, 1.165) is 19.3 Å². The molecule has 84 valence electrons. The minimum absolute atomic E-state index is 0.118. The summed E-state index contributed by atoms with van der Waals surface area (Å²) in [6, 6.07) is 0. The second kappa shape index (κ2) is 3.72. The number of rotatable bonds is 1. The van der Waals surface area contributed by atoms with Crippen molar-refractivity contribution in [3.05, 3.63) is 0 Å². The summed E-state index contributed by atoms with van der Waals surface area (Å²) < 4.78 is 0. The Balaban J connectivity index is 2.15. The zero-order chi connectivity index (χ0) is 11.0. The van der Waals surface area contributed by atoms with Crippen LogP contribution in [0.5, 0.6) is 0 Å². The van der Waals surface area contributed by atoms with Crippen LogP contribution in [-0.4, -0.2) is 35.1 Å². The molecule has 5 nitrogen and oxygen atoms in total. The second-order valence-electron chi connectivity index (χ2n) is 4.64. The average molecular weight is 212 g/mol. The Morgan fingerprint density at radius 2 is 2.00 bits per heavy atom. The molecule has 3 unspecified atom stereocenters. The fraction of sp³-hybridized carbons (Fsp3) is 0.800. The van der Waals surface area contributed by atoms with Crippen molar-refractivity contribution in [1.82, 2.24) is 4.90 Å². The van der Waals surface area contributed by atoms with Crippen molar-refractivity contribution < 1.29 is 14.7 Å². The number of carbonyl (C=O) groups is 2. The van der Waals surface area contributed by atoms with E-state index < -0.39 is 6.09 Å². The molecule has 3 fully saturated rings. The lowest BCUT2D eigenvalue weighted by atomic mass is 9.75. The molecule has 3 aliphatic rings. The van der Waals surface area contributed by atoms with E-state index in [9.17, 15) is 9.59 Å². The highest BCUT2D eigenvalue weighted by molar-refractivity contribution is 5.77. The van der Waals surface area contributed by atoms with Gasteiger partial charge >= 0.3 is 6.09 Å². The van der Waals surface area contributed by atoms with Gasteiger partial charge in [0.05, 0.1) is 0 Å². The SMILES string of the molecule is NC(=O)C1CC2CCC1CN(C(=O)O)C2. The lowest BCUT2D eigenvalue weighted by Crippen LogP contribution is -2.37. The van der Waals surface area contributed by atoms with Crippen LogP contribution in [0.3, 0.4) is 0 Å². The first-order valence-corrected chi connectivity index (χ1v) is 5.35. The molecule has 15 heavy (non-hydrogen) atoms. The molecule has 5 heteroatoms. The minimum Gasteiger partial charge on any atom is -0.465 e. The Bertz CT molecular complexity index is 290. The predicted molar refractivity (Wildman–Crippen MR) is 53.1 cm³/mol. The van der Waals surface area contributed by atoms with Crippen molar-refractivity contribution >= 4 is 12.0 Å². The van der Waals surface area contributed by atoms with Crippen LogP contribution in [0.25, 0.3) is 0 Å². The molecule has 0 spiro atoms. The van der Waals surface area contributed by atoms with E-state index in [1.54, 1.807) is 0 Å². The number of nitrogens with zero attached hydrogens (tertiary/aromatic N) is 1. The number of nitrogens with two attached hydrogens (primary N) is 1. The molecular weight excluding hydrogens is 196 g/mol. The molecule has 0 radical (unpaired) electrons. The van der Waals surface area contributed by atoms with Gasteiger partial charge in [0.2, 0.25) is 5.91 Å². The summed E-state index contributed by atoms with van der Waals surface area (Å²) in [6.45, 7) is 1.04. The Kier molecular flexibility index (Phi) is 2.54. The third-order valence-electron chi connectivity index (χ3n) is 3.67. The van der Waals surface area contributed by atoms with Crippen molar-refractivity contribution in [3.63, 3.8) is 0 Å². The molecule has 0 aromatic rings. The lowest BCUT2D eigenvalue weighted by molar-refractivity contribution is -0.124. The first-order chi connectivity index (χ1) is 7.08. The van der Waals surface area contributed by atoms with Gasteiger partial charge in [-0.3, -0.25) is 4.79 Å². The summed E-state index contributed by atoms with van der Waals surface area (Å²) in [7, 11) is 0. The maximum atomic E-state index is 11.2. The van der Waals surface area contributed by atoms with Crippen molar-refractivity contribution in [1.29, 1.82) is 0 Å². The normalized spacial score (nSPS) is 34.9. The molecule has 2 heterocycles. The molecule has 0 aromatic heterocycles. The number of primary amides is 1. The number of fused-ring (bicyclic) bond motifs is 4. The Hall–Kier alpha value is -1.26. The fourth-order valence-corrected chi connectivity index (χ4v) is 2.88. The van der Waals surface area contributed by atoms with Crippen LogP contribution in [0.15, 0.2) is 0 Å². The molecule has 2 amide bonds. The smallest absolute Gasteiger partial charge is 0.407 e. The molecule has 1 saturated carbocycles. The van der Waals surface area contributed by atoms with Crippen LogP contribution in [0.4, 0.5) is 4.79 Å². The minimum atomic E-state index is -0.878. The molecule has 2 saturated heterocycles. The van der Waals surface area contributed by atoms with Crippen LogP contribution < -0.4 is 5.73 Å². The summed E-state index contributed by atoms with van der Waals surface area (Å²) in [5.41, 5.74) is 5.34. The Morgan fingerprint density at radius 3 is 2.60 bits per heavy atom. The summed E-state index contributed by atoms with van der Waals surface area (Å²) in [5, 5.41) is 8.96. The van der Waals surface area contributed by atoms with Gasteiger partial charge in [-0.15, -0.1) is 0 Å². The van der Waals surface area contributed by atoms with E-state index in [1.165, 1.54) is 4.90 Å². The largest absolute Gasteiger partial charge is 0.465 e.